The largest absolute Gasteiger partial charge is 0.456 e. The van der Waals surface area contributed by atoms with E-state index in [0.29, 0.717) is 0 Å². The minimum Gasteiger partial charge on any atom is -0.395 e. The van der Waals surface area contributed by atoms with Crippen molar-refractivity contribution in [2.75, 3.05) is 0 Å². The first kappa shape index (κ1) is 16.3. The number of carbonyl (C=O) groups excluding carboxylic acids is 2. The zero-order chi connectivity index (χ0) is 13.0. The van der Waals surface area contributed by atoms with Crippen molar-refractivity contribution < 1.29 is 19.1 Å². The van der Waals surface area contributed by atoms with Gasteiger partial charge in [-0.15, -0.1) is 0 Å². The molecular formula is C4Cl6N2O4. The highest BCUT2D eigenvalue weighted by Crippen LogP contribution is 2.29. The van der Waals surface area contributed by atoms with Crippen LogP contribution in [-0.2, 0) is 9.47 Å². The predicted octanol–water partition coefficient (Wildman–Crippen LogP) is 4.37. The number of ether oxygens (including phenoxy) is 2. The molecule has 0 aromatic carbocycles. The van der Waals surface area contributed by atoms with Crippen LogP contribution in [0.15, 0.2) is 10.2 Å². The Kier molecular flexibility index (Phi) is 6.39. The molecule has 92 valence electrons. The third-order valence-electron chi connectivity index (χ3n) is 0.619. The fourth-order valence-corrected chi connectivity index (χ4v) is 0.716. The number of halogens is 6. The van der Waals surface area contributed by atoms with Crippen molar-refractivity contribution in [1.29, 1.82) is 0 Å². The summed E-state index contributed by atoms with van der Waals surface area (Å²) in [6, 6.07) is 0. The monoisotopic (exact) mass is 350 g/mol. The lowest BCUT2D eigenvalue weighted by molar-refractivity contribution is 0.144. The molecule has 0 aliphatic rings. The molecule has 0 radical (unpaired) electrons. The summed E-state index contributed by atoms with van der Waals surface area (Å²) in [5.74, 6) is 0. The van der Waals surface area contributed by atoms with Gasteiger partial charge in [-0.2, -0.15) is 0 Å². The molecule has 2 amide bonds. The lowest BCUT2D eigenvalue weighted by atomic mass is 11.2. The van der Waals surface area contributed by atoms with Crippen LogP contribution in [0.25, 0.3) is 0 Å². The van der Waals surface area contributed by atoms with E-state index in [1.807, 2.05) is 0 Å². The quantitative estimate of drug-likeness (QED) is 0.479. The number of amides is 2. The van der Waals surface area contributed by atoms with Crippen molar-refractivity contribution >= 4 is 81.8 Å². The number of rotatable bonds is 0. The summed E-state index contributed by atoms with van der Waals surface area (Å²) < 4.78 is 3.37. The smallest absolute Gasteiger partial charge is 0.395 e. The highest BCUT2D eigenvalue weighted by Gasteiger charge is 2.27. The Morgan fingerprint density at radius 3 is 1.19 bits per heavy atom. The lowest BCUT2D eigenvalue weighted by Gasteiger charge is -2.09. The molecule has 6 nitrogen and oxygen atoms in total. The fraction of sp³-hybridized carbons (Fsp3) is 0.500. The van der Waals surface area contributed by atoms with Gasteiger partial charge < -0.3 is 9.47 Å². The first-order chi connectivity index (χ1) is 6.99. The van der Waals surface area contributed by atoms with Gasteiger partial charge in [0.15, 0.2) is 0 Å². The molecule has 0 aromatic heterocycles. The molecular weight excluding hydrogens is 353 g/mol. The molecule has 0 unspecified atom stereocenters. The molecule has 0 aromatic rings. The molecule has 0 aliphatic heterocycles. The minimum absolute atomic E-state index is 1.44. The number of hydrogen-bond acceptors (Lipinski definition) is 4. The van der Waals surface area contributed by atoms with Gasteiger partial charge in [-0.1, -0.05) is 10.2 Å². The molecule has 0 fully saturated rings. The second kappa shape index (κ2) is 6.28. The first-order valence-corrected chi connectivity index (χ1v) is 5.27. The molecule has 0 aliphatic carbocycles. The van der Waals surface area contributed by atoms with E-state index >= 15 is 0 Å². The van der Waals surface area contributed by atoms with E-state index in [-0.39, 0.29) is 0 Å². The lowest BCUT2D eigenvalue weighted by Crippen LogP contribution is -2.14. The van der Waals surface area contributed by atoms with Gasteiger partial charge in [0.1, 0.15) is 0 Å². The van der Waals surface area contributed by atoms with Gasteiger partial charge >= 0.3 is 20.1 Å². The Morgan fingerprint density at radius 1 is 0.750 bits per heavy atom. The Morgan fingerprint density at radius 2 is 1.00 bits per heavy atom. The Hall–Kier alpha value is 0.280. The third-order valence-corrected chi connectivity index (χ3v) is 1.08. The van der Waals surface area contributed by atoms with Gasteiger partial charge in [0.05, 0.1) is 0 Å². The molecule has 0 atom stereocenters. The highest BCUT2D eigenvalue weighted by atomic mass is 35.6. The fourth-order valence-electron chi connectivity index (χ4n) is 0.320. The van der Waals surface area contributed by atoms with Crippen LogP contribution in [-0.4, -0.2) is 20.1 Å². The topological polar surface area (TPSA) is 77.3 Å². The van der Waals surface area contributed by atoms with E-state index in [0.717, 1.165) is 0 Å². The van der Waals surface area contributed by atoms with Crippen LogP contribution in [0, 0.1) is 0 Å². The van der Waals surface area contributed by atoms with Crippen molar-refractivity contribution in [3.05, 3.63) is 0 Å². The van der Waals surface area contributed by atoms with E-state index in [2.05, 4.69) is 19.7 Å². The van der Waals surface area contributed by atoms with Crippen molar-refractivity contribution in [1.82, 2.24) is 0 Å². The predicted molar refractivity (Wildman–Crippen MR) is 58.4 cm³/mol. The summed E-state index contributed by atoms with van der Waals surface area (Å²) in [6.45, 7) is 0. The van der Waals surface area contributed by atoms with Crippen LogP contribution < -0.4 is 0 Å². The van der Waals surface area contributed by atoms with E-state index in [1.165, 1.54) is 0 Å². The number of nitrogens with zero attached hydrogens (tertiary/aromatic N) is 2. The van der Waals surface area contributed by atoms with Crippen molar-refractivity contribution in [3.63, 3.8) is 0 Å². The van der Waals surface area contributed by atoms with Crippen LogP contribution in [0.2, 0.25) is 0 Å². The average Bonchev–Trinajstić information content (AvgIpc) is 1.94. The van der Waals surface area contributed by atoms with E-state index < -0.39 is 20.1 Å². The second-order valence-electron chi connectivity index (χ2n) is 1.83. The number of carbonyl (C=O) groups is 2. The molecule has 0 rings (SSSR count). The molecule has 0 saturated heterocycles. The highest BCUT2D eigenvalue weighted by molar-refractivity contribution is 6.67. The maximum Gasteiger partial charge on any atom is 0.456 e. The van der Waals surface area contributed by atoms with Crippen LogP contribution in [0.3, 0.4) is 0 Å². The molecule has 0 heterocycles. The summed E-state index contributed by atoms with van der Waals surface area (Å²) in [5.41, 5.74) is 0. The van der Waals surface area contributed by atoms with Gasteiger partial charge in [0, 0.05) is 0 Å². The van der Waals surface area contributed by atoms with Gasteiger partial charge in [-0.3, -0.25) is 0 Å². The van der Waals surface area contributed by atoms with E-state index in [1.54, 1.807) is 0 Å². The zero-order valence-electron chi connectivity index (χ0n) is 6.80. The SMILES string of the molecule is O=C(N=NC(=O)OC(Cl)(Cl)Cl)OC(Cl)(Cl)Cl. The van der Waals surface area contributed by atoms with Gasteiger partial charge in [0.25, 0.3) is 0 Å². The summed E-state index contributed by atoms with van der Waals surface area (Å²) in [7, 11) is 0. The van der Waals surface area contributed by atoms with Crippen LogP contribution in [0.5, 0.6) is 0 Å². The molecule has 0 bridgehead atoms. The minimum atomic E-state index is -2.32. The Labute approximate surface area is 119 Å². The Balaban J connectivity index is 4.20. The summed E-state index contributed by atoms with van der Waals surface area (Å²) in [6.07, 6.45) is -2.89. The van der Waals surface area contributed by atoms with Crippen molar-refractivity contribution in [2.24, 2.45) is 10.2 Å². The van der Waals surface area contributed by atoms with Crippen LogP contribution in [0.1, 0.15) is 0 Å². The maximum absolute atomic E-state index is 10.7. The molecule has 0 N–H and O–H groups in total. The Bertz CT molecular complexity index is 277. The third kappa shape index (κ3) is 10.8. The summed E-state index contributed by atoms with van der Waals surface area (Å²) in [5, 5.41) is 5.31. The standard InChI is InChI=1S/C4Cl6N2O4/c5-3(6,7)15-1(13)11-12-2(14)16-4(8,9)10. The maximum atomic E-state index is 10.7. The number of alkyl halides is 6. The molecule has 16 heavy (non-hydrogen) atoms. The zero-order valence-corrected chi connectivity index (χ0v) is 11.3. The van der Waals surface area contributed by atoms with Crippen LogP contribution >= 0.6 is 69.6 Å². The molecule has 0 saturated carbocycles. The summed E-state index contributed by atoms with van der Waals surface area (Å²) >= 11 is 30.3. The second-order valence-corrected chi connectivity index (χ2v) is 6.18. The summed E-state index contributed by atoms with van der Waals surface area (Å²) in [4.78, 5) is 21.4. The van der Waals surface area contributed by atoms with Gasteiger partial charge in [0.2, 0.25) is 0 Å². The van der Waals surface area contributed by atoms with Gasteiger partial charge in [-0.25, -0.2) is 9.59 Å². The average molecular weight is 353 g/mol. The number of azo groups is 1. The van der Waals surface area contributed by atoms with E-state index in [9.17, 15) is 9.59 Å². The normalized spacial score (nSPS) is 12.6. The first-order valence-electron chi connectivity index (χ1n) is 3.01. The molecule has 0 spiro atoms. The van der Waals surface area contributed by atoms with Crippen molar-refractivity contribution in [3.8, 4) is 0 Å². The van der Waals surface area contributed by atoms with Crippen LogP contribution in [0.4, 0.5) is 9.59 Å². The van der Waals surface area contributed by atoms with Gasteiger partial charge in [-0.05, 0) is 69.6 Å². The number of hydrogen-bond donors (Lipinski definition) is 0. The van der Waals surface area contributed by atoms with Crippen molar-refractivity contribution in [2.45, 2.75) is 7.96 Å². The van der Waals surface area contributed by atoms with E-state index in [4.69, 9.17) is 69.6 Å². The molecule has 12 heteroatoms.